The van der Waals surface area contributed by atoms with E-state index in [1.807, 2.05) is 26.8 Å². The molecule has 6 atom stereocenters. The first-order valence-corrected chi connectivity index (χ1v) is 10.3. The first-order valence-electron chi connectivity index (χ1n) is 10.3. The number of carbonyl (C=O) groups excluding carboxylic acids is 1. The molecular weight excluding hydrogens is 388 g/mol. The fraction of sp³-hybridized carbons (Fsp3) is 0.609. The van der Waals surface area contributed by atoms with Gasteiger partial charge in [-0.25, -0.2) is 4.79 Å². The van der Waals surface area contributed by atoms with E-state index in [0.717, 1.165) is 12.5 Å². The van der Waals surface area contributed by atoms with E-state index < -0.39 is 34.9 Å². The van der Waals surface area contributed by atoms with Crippen molar-refractivity contribution in [3.8, 4) is 11.5 Å². The van der Waals surface area contributed by atoms with Gasteiger partial charge in [0.15, 0.2) is 0 Å². The van der Waals surface area contributed by atoms with Gasteiger partial charge in [0.1, 0.15) is 28.8 Å². The van der Waals surface area contributed by atoms with Gasteiger partial charge < -0.3 is 30.3 Å². The van der Waals surface area contributed by atoms with Crippen molar-refractivity contribution in [2.24, 2.45) is 22.7 Å². The van der Waals surface area contributed by atoms with Gasteiger partial charge in [0.25, 0.3) is 0 Å². The second-order valence-electron chi connectivity index (χ2n) is 10.1. The van der Waals surface area contributed by atoms with Gasteiger partial charge >= 0.3 is 5.97 Å². The lowest BCUT2D eigenvalue weighted by molar-refractivity contribution is -0.260. The van der Waals surface area contributed by atoms with Gasteiger partial charge in [-0.1, -0.05) is 26.8 Å². The average molecular weight is 418 g/mol. The summed E-state index contributed by atoms with van der Waals surface area (Å²) in [6, 6.07) is 2.40. The Labute approximate surface area is 175 Å². The zero-order valence-electron chi connectivity index (χ0n) is 17.7. The molecule has 164 valence electrons. The molecule has 0 aliphatic heterocycles. The standard InChI is InChI=1S/C23H30O7/c1-11-5-14(25)7-15(26)17(11)20(28)30-16-9-22(4)18-12(8-21(2,3)19(18)27)6-13(10-24)23(16,22)29/h5-7,12,16,18-19,24-27,29H,8-10H2,1-4H3/t12-,16-,18-,19-,22-,23+/m1/s1. The molecule has 4 rings (SSSR count). The molecule has 3 aliphatic rings. The lowest BCUT2D eigenvalue weighted by Crippen LogP contribution is -2.74. The van der Waals surface area contributed by atoms with E-state index in [0.29, 0.717) is 17.6 Å². The molecule has 5 N–H and O–H groups in total. The van der Waals surface area contributed by atoms with Gasteiger partial charge in [0.2, 0.25) is 0 Å². The van der Waals surface area contributed by atoms with Crippen LogP contribution in [0.25, 0.3) is 0 Å². The Balaban J connectivity index is 1.67. The molecule has 2 fully saturated rings. The highest BCUT2D eigenvalue weighted by Crippen LogP contribution is 2.68. The van der Waals surface area contributed by atoms with E-state index in [1.54, 1.807) is 6.92 Å². The van der Waals surface area contributed by atoms with Gasteiger partial charge in [-0.3, -0.25) is 0 Å². The van der Waals surface area contributed by atoms with Crippen molar-refractivity contribution in [1.82, 2.24) is 0 Å². The average Bonchev–Trinajstić information content (AvgIpc) is 2.86. The first-order chi connectivity index (χ1) is 13.9. The Morgan fingerprint density at radius 3 is 2.47 bits per heavy atom. The summed E-state index contributed by atoms with van der Waals surface area (Å²) >= 11 is 0. The van der Waals surface area contributed by atoms with E-state index in [-0.39, 0.29) is 35.2 Å². The number of esters is 1. The van der Waals surface area contributed by atoms with Crippen LogP contribution < -0.4 is 0 Å². The summed E-state index contributed by atoms with van der Waals surface area (Å²) in [4.78, 5) is 12.8. The van der Waals surface area contributed by atoms with Crippen molar-refractivity contribution >= 4 is 5.97 Å². The number of rotatable bonds is 3. The van der Waals surface area contributed by atoms with Crippen LogP contribution in [-0.4, -0.2) is 55.9 Å². The number of fused-ring (bicyclic) bond motifs is 3. The van der Waals surface area contributed by atoms with Crippen molar-refractivity contribution in [3.05, 3.63) is 34.9 Å². The number of aromatic hydroxyl groups is 2. The molecule has 0 bridgehead atoms. The SMILES string of the molecule is Cc1cc(O)cc(O)c1C(=O)O[C@@H]1C[C@]2(C)[C@@H]3[C@H](C=C(CO)[C@]12O)CC(C)(C)[C@@H]3O. The maximum Gasteiger partial charge on any atom is 0.342 e. The number of aryl methyl sites for hydroxylation is 1. The van der Waals surface area contributed by atoms with Crippen molar-refractivity contribution in [2.45, 2.75) is 58.3 Å². The van der Waals surface area contributed by atoms with Crippen molar-refractivity contribution in [2.75, 3.05) is 6.61 Å². The highest BCUT2D eigenvalue weighted by molar-refractivity contribution is 5.94. The second kappa shape index (κ2) is 6.45. The molecule has 0 saturated heterocycles. The summed E-state index contributed by atoms with van der Waals surface area (Å²) in [5.41, 5.74) is -1.99. The molecule has 0 heterocycles. The summed E-state index contributed by atoms with van der Waals surface area (Å²) < 4.78 is 5.62. The number of carbonyl (C=O) groups is 1. The molecule has 0 spiro atoms. The topological polar surface area (TPSA) is 127 Å². The third-order valence-corrected chi connectivity index (χ3v) is 7.87. The Morgan fingerprint density at radius 1 is 1.20 bits per heavy atom. The van der Waals surface area contributed by atoms with Gasteiger partial charge in [0, 0.05) is 17.4 Å². The smallest absolute Gasteiger partial charge is 0.342 e. The molecule has 7 heteroatoms. The Bertz CT molecular complexity index is 912. The number of phenols is 2. The number of benzene rings is 1. The molecule has 2 saturated carbocycles. The maximum atomic E-state index is 12.8. The fourth-order valence-electron chi connectivity index (χ4n) is 6.34. The molecule has 3 aliphatic carbocycles. The van der Waals surface area contributed by atoms with Crippen molar-refractivity contribution in [1.29, 1.82) is 0 Å². The Hall–Kier alpha value is -2.09. The van der Waals surface area contributed by atoms with Gasteiger partial charge in [-0.2, -0.15) is 0 Å². The van der Waals surface area contributed by atoms with Crippen LogP contribution in [0, 0.1) is 29.6 Å². The van der Waals surface area contributed by atoms with Crippen LogP contribution in [0.4, 0.5) is 0 Å². The van der Waals surface area contributed by atoms with Crippen LogP contribution in [0.15, 0.2) is 23.8 Å². The number of hydrogen-bond donors (Lipinski definition) is 5. The molecule has 0 radical (unpaired) electrons. The van der Waals surface area contributed by atoms with Crippen LogP contribution in [0.2, 0.25) is 0 Å². The molecule has 30 heavy (non-hydrogen) atoms. The van der Waals surface area contributed by atoms with E-state index in [4.69, 9.17) is 4.74 Å². The van der Waals surface area contributed by atoms with E-state index in [9.17, 15) is 30.3 Å². The minimum absolute atomic E-state index is 0.0301. The highest BCUT2D eigenvalue weighted by atomic mass is 16.6. The number of phenolic OH excluding ortho intramolecular Hbond substituents is 2. The summed E-state index contributed by atoms with van der Waals surface area (Å²) in [6.45, 7) is 7.07. The number of aliphatic hydroxyl groups is 3. The Kier molecular flexibility index (Phi) is 4.55. The highest BCUT2D eigenvalue weighted by Gasteiger charge is 2.74. The molecule has 7 nitrogen and oxygen atoms in total. The fourth-order valence-corrected chi connectivity index (χ4v) is 6.34. The van der Waals surface area contributed by atoms with Crippen LogP contribution in [0.3, 0.4) is 0 Å². The number of allylic oxidation sites excluding steroid dienone is 1. The van der Waals surface area contributed by atoms with Crippen LogP contribution in [0.1, 0.15) is 49.5 Å². The van der Waals surface area contributed by atoms with Gasteiger partial charge in [0.05, 0.1) is 12.7 Å². The lowest BCUT2D eigenvalue weighted by atomic mass is 9.43. The molecule has 0 aromatic heterocycles. The van der Waals surface area contributed by atoms with Crippen LogP contribution in [-0.2, 0) is 4.74 Å². The largest absolute Gasteiger partial charge is 0.508 e. The summed E-state index contributed by atoms with van der Waals surface area (Å²) in [6.07, 6.45) is 1.37. The quantitative estimate of drug-likeness (QED) is 0.375. The Morgan fingerprint density at radius 2 is 1.87 bits per heavy atom. The molecule has 0 unspecified atom stereocenters. The van der Waals surface area contributed by atoms with Crippen LogP contribution >= 0.6 is 0 Å². The van der Waals surface area contributed by atoms with Gasteiger partial charge in [-0.05, 0) is 48.3 Å². The first kappa shape index (κ1) is 21.2. The predicted molar refractivity (Wildman–Crippen MR) is 108 cm³/mol. The summed E-state index contributed by atoms with van der Waals surface area (Å²) in [5, 5.41) is 52.4. The van der Waals surface area contributed by atoms with E-state index in [1.165, 1.54) is 6.07 Å². The zero-order valence-corrected chi connectivity index (χ0v) is 17.7. The van der Waals surface area contributed by atoms with Crippen molar-refractivity contribution < 1.29 is 35.1 Å². The van der Waals surface area contributed by atoms with Crippen LogP contribution in [0.5, 0.6) is 11.5 Å². The molecule has 1 aromatic rings. The molecular formula is C23H30O7. The second-order valence-corrected chi connectivity index (χ2v) is 10.1. The normalized spacial score (nSPS) is 38.8. The minimum atomic E-state index is -1.60. The van der Waals surface area contributed by atoms with E-state index in [2.05, 4.69) is 0 Å². The third-order valence-electron chi connectivity index (χ3n) is 7.87. The number of ether oxygens (including phenoxy) is 1. The summed E-state index contributed by atoms with van der Waals surface area (Å²) in [7, 11) is 0. The maximum absolute atomic E-state index is 12.8. The monoisotopic (exact) mass is 418 g/mol. The zero-order chi connectivity index (χ0) is 22.2. The lowest BCUT2D eigenvalue weighted by Gasteiger charge is -2.65. The number of aliphatic hydroxyl groups excluding tert-OH is 2. The molecule has 1 aromatic carbocycles. The third kappa shape index (κ3) is 2.58. The number of hydrogen-bond acceptors (Lipinski definition) is 7. The minimum Gasteiger partial charge on any atom is -0.508 e. The van der Waals surface area contributed by atoms with Gasteiger partial charge in [-0.15, -0.1) is 0 Å². The molecule has 0 amide bonds. The predicted octanol–water partition coefficient (Wildman–Crippen LogP) is 2.03. The van der Waals surface area contributed by atoms with Crippen molar-refractivity contribution in [3.63, 3.8) is 0 Å². The van der Waals surface area contributed by atoms with E-state index >= 15 is 0 Å². The summed E-state index contributed by atoms with van der Waals surface area (Å²) in [5.74, 6) is -1.56.